The summed E-state index contributed by atoms with van der Waals surface area (Å²) in [6.45, 7) is 11.5. The van der Waals surface area contributed by atoms with Gasteiger partial charge in [-0.1, -0.05) is 13.8 Å². The van der Waals surface area contributed by atoms with Gasteiger partial charge in [-0.3, -0.25) is 4.79 Å². The van der Waals surface area contributed by atoms with E-state index in [-0.39, 0.29) is 17.8 Å². The van der Waals surface area contributed by atoms with Crippen LogP contribution >= 0.6 is 11.3 Å². The lowest BCUT2D eigenvalue weighted by Crippen LogP contribution is -2.12. The third-order valence-corrected chi connectivity index (χ3v) is 3.90. The second kappa shape index (κ2) is 8.24. The molecule has 120 valence electrons. The van der Waals surface area contributed by atoms with Crippen LogP contribution in [0.1, 0.15) is 44.3 Å². The van der Waals surface area contributed by atoms with Crippen LogP contribution in [-0.4, -0.2) is 31.6 Å². The summed E-state index contributed by atoms with van der Waals surface area (Å²) in [6, 6.07) is 0. The van der Waals surface area contributed by atoms with Crippen molar-refractivity contribution in [3.8, 4) is 5.75 Å². The lowest BCUT2D eigenvalue weighted by atomic mass is 10.1. The summed E-state index contributed by atoms with van der Waals surface area (Å²) in [5, 5.41) is 4.04. The average molecular weight is 314 g/mol. The van der Waals surface area contributed by atoms with Gasteiger partial charge < -0.3 is 20.5 Å². The van der Waals surface area contributed by atoms with E-state index >= 15 is 0 Å². The monoisotopic (exact) mass is 314 g/mol. The van der Waals surface area contributed by atoms with Crippen molar-refractivity contribution in [1.82, 2.24) is 0 Å². The molecule has 0 aliphatic rings. The standard InChI is InChI=1S/C15H26N2O3S/c1-6-19-8-7-17-15-13(20-10(4)5)11(16)14(21-15)12(18)9(2)3/h9-10,17H,6-8,16H2,1-5H3. The number of carbonyl (C=O) groups excluding carboxylic acids is 1. The van der Waals surface area contributed by atoms with Crippen molar-refractivity contribution in [3.63, 3.8) is 0 Å². The number of nitrogens with two attached hydrogens (primary N) is 1. The van der Waals surface area contributed by atoms with Crippen molar-refractivity contribution in [3.05, 3.63) is 4.88 Å². The van der Waals surface area contributed by atoms with Gasteiger partial charge in [-0.25, -0.2) is 0 Å². The number of hydrogen-bond acceptors (Lipinski definition) is 6. The highest BCUT2D eigenvalue weighted by atomic mass is 32.1. The molecule has 0 fully saturated rings. The first-order valence-corrected chi connectivity index (χ1v) is 8.14. The summed E-state index contributed by atoms with van der Waals surface area (Å²) in [5.74, 6) is 0.536. The molecule has 6 heteroatoms. The fourth-order valence-electron chi connectivity index (χ4n) is 1.72. The minimum Gasteiger partial charge on any atom is -0.486 e. The first kappa shape index (κ1) is 17.8. The van der Waals surface area contributed by atoms with Crippen LogP contribution in [0.4, 0.5) is 10.7 Å². The number of nitrogen functional groups attached to an aromatic ring is 1. The van der Waals surface area contributed by atoms with Gasteiger partial charge in [-0.05, 0) is 20.8 Å². The fourth-order valence-corrected chi connectivity index (χ4v) is 2.89. The van der Waals surface area contributed by atoms with Crippen LogP contribution in [0, 0.1) is 5.92 Å². The molecule has 0 bridgehead atoms. The molecule has 5 nitrogen and oxygen atoms in total. The molecular formula is C15H26N2O3S. The lowest BCUT2D eigenvalue weighted by Gasteiger charge is -2.12. The number of ketones is 1. The van der Waals surface area contributed by atoms with Gasteiger partial charge >= 0.3 is 0 Å². The van der Waals surface area contributed by atoms with Gasteiger partial charge in [0.1, 0.15) is 5.00 Å². The van der Waals surface area contributed by atoms with E-state index in [0.29, 0.717) is 36.1 Å². The third kappa shape index (κ3) is 4.89. The molecule has 0 amide bonds. The minimum absolute atomic E-state index is 0.00339. The van der Waals surface area contributed by atoms with E-state index in [2.05, 4.69) is 5.32 Å². The summed E-state index contributed by atoms with van der Waals surface area (Å²) < 4.78 is 11.1. The van der Waals surface area contributed by atoms with Crippen LogP contribution in [0.15, 0.2) is 0 Å². The molecule has 0 spiro atoms. The Labute approximate surface area is 130 Å². The van der Waals surface area contributed by atoms with Crippen LogP contribution in [0.3, 0.4) is 0 Å². The van der Waals surface area contributed by atoms with Gasteiger partial charge in [-0.2, -0.15) is 0 Å². The van der Waals surface area contributed by atoms with E-state index in [1.165, 1.54) is 11.3 Å². The maximum Gasteiger partial charge on any atom is 0.177 e. The number of anilines is 2. The van der Waals surface area contributed by atoms with E-state index in [1.807, 2.05) is 34.6 Å². The Morgan fingerprint density at radius 3 is 2.52 bits per heavy atom. The Morgan fingerprint density at radius 1 is 1.33 bits per heavy atom. The Bertz CT molecular complexity index is 470. The van der Waals surface area contributed by atoms with E-state index in [1.54, 1.807) is 0 Å². The fraction of sp³-hybridized carbons (Fsp3) is 0.667. The number of nitrogens with one attached hydrogen (secondary N) is 1. The van der Waals surface area contributed by atoms with Crippen LogP contribution in [-0.2, 0) is 4.74 Å². The summed E-state index contributed by atoms with van der Waals surface area (Å²) in [6.07, 6.45) is -0.00339. The van der Waals surface area contributed by atoms with Gasteiger partial charge in [0.05, 0.1) is 23.3 Å². The zero-order chi connectivity index (χ0) is 16.0. The van der Waals surface area contributed by atoms with Crippen LogP contribution in [0.25, 0.3) is 0 Å². The highest BCUT2D eigenvalue weighted by Gasteiger charge is 2.24. The highest BCUT2D eigenvalue weighted by molar-refractivity contribution is 7.19. The molecular weight excluding hydrogens is 288 g/mol. The van der Waals surface area contributed by atoms with Gasteiger partial charge in [0.2, 0.25) is 0 Å². The van der Waals surface area contributed by atoms with Crippen molar-refractivity contribution in [2.24, 2.45) is 5.92 Å². The maximum absolute atomic E-state index is 12.2. The number of rotatable bonds is 9. The number of hydrogen-bond donors (Lipinski definition) is 2. The molecule has 1 aromatic heterocycles. The van der Waals surface area contributed by atoms with Gasteiger partial charge in [0, 0.05) is 19.1 Å². The predicted molar refractivity (Wildman–Crippen MR) is 88.6 cm³/mol. The topological polar surface area (TPSA) is 73.6 Å². The third-order valence-electron chi connectivity index (χ3n) is 2.74. The summed E-state index contributed by atoms with van der Waals surface area (Å²) in [7, 11) is 0. The molecule has 1 aromatic rings. The lowest BCUT2D eigenvalue weighted by molar-refractivity contribution is 0.0944. The zero-order valence-corrected chi connectivity index (χ0v) is 14.3. The molecule has 0 saturated carbocycles. The molecule has 3 N–H and O–H groups in total. The van der Waals surface area contributed by atoms with Crippen LogP contribution < -0.4 is 15.8 Å². The molecule has 0 aliphatic heterocycles. The number of thiophene rings is 1. The first-order valence-electron chi connectivity index (χ1n) is 7.33. The molecule has 1 heterocycles. The summed E-state index contributed by atoms with van der Waals surface area (Å²) in [4.78, 5) is 12.8. The molecule has 0 aromatic carbocycles. The van der Waals surface area contributed by atoms with Gasteiger partial charge in [0.25, 0.3) is 0 Å². The minimum atomic E-state index is -0.0888. The molecule has 0 aliphatic carbocycles. The maximum atomic E-state index is 12.2. The van der Waals surface area contributed by atoms with Crippen molar-refractivity contribution < 1.29 is 14.3 Å². The number of Topliss-reactive ketones (excluding diaryl/α,β-unsaturated/α-hetero) is 1. The zero-order valence-electron chi connectivity index (χ0n) is 13.5. The second-order valence-electron chi connectivity index (χ2n) is 5.31. The predicted octanol–water partition coefficient (Wildman–Crippen LogP) is 3.40. The normalized spacial score (nSPS) is 11.2. The van der Waals surface area contributed by atoms with Crippen LogP contribution in [0.2, 0.25) is 0 Å². The molecule has 1 rings (SSSR count). The number of carbonyl (C=O) groups is 1. The van der Waals surface area contributed by atoms with E-state index in [9.17, 15) is 4.79 Å². The molecule has 21 heavy (non-hydrogen) atoms. The Hall–Kier alpha value is -1.27. The van der Waals surface area contributed by atoms with E-state index < -0.39 is 0 Å². The van der Waals surface area contributed by atoms with Crippen molar-refractivity contribution in [2.75, 3.05) is 30.8 Å². The highest BCUT2D eigenvalue weighted by Crippen LogP contribution is 2.44. The van der Waals surface area contributed by atoms with Crippen molar-refractivity contribution >= 4 is 27.8 Å². The summed E-state index contributed by atoms with van der Waals surface area (Å²) in [5.41, 5.74) is 6.55. The molecule has 0 radical (unpaired) electrons. The van der Waals surface area contributed by atoms with Gasteiger partial charge in [-0.15, -0.1) is 11.3 Å². The molecule has 0 atom stereocenters. The Morgan fingerprint density at radius 2 is 2.00 bits per heavy atom. The van der Waals surface area contributed by atoms with Crippen molar-refractivity contribution in [1.29, 1.82) is 0 Å². The Kier molecular flexibility index (Phi) is 6.98. The van der Waals surface area contributed by atoms with Crippen molar-refractivity contribution in [2.45, 2.75) is 40.7 Å². The second-order valence-corrected chi connectivity index (χ2v) is 6.33. The SMILES string of the molecule is CCOCCNc1sc(C(=O)C(C)C)c(N)c1OC(C)C. The van der Waals surface area contributed by atoms with Gasteiger partial charge in [0.15, 0.2) is 11.5 Å². The molecule has 0 saturated heterocycles. The first-order chi connectivity index (χ1) is 9.88. The largest absolute Gasteiger partial charge is 0.486 e. The van der Waals surface area contributed by atoms with E-state index in [4.69, 9.17) is 15.2 Å². The average Bonchev–Trinajstić information content (AvgIpc) is 2.71. The summed E-state index contributed by atoms with van der Waals surface area (Å²) >= 11 is 1.36. The smallest absolute Gasteiger partial charge is 0.177 e. The Balaban J connectivity index is 2.97. The number of ether oxygens (including phenoxy) is 2. The molecule has 0 unspecified atom stereocenters. The van der Waals surface area contributed by atoms with Crippen LogP contribution in [0.5, 0.6) is 5.75 Å². The van der Waals surface area contributed by atoms with E-state index in [0.717, 1.165) is 5.00 Å². The quantitative estimate of drug-likeness (QED) is 0.540.